The molecule has 7 rings (SSSR count). The van der Waals surface area contributed by atoms with Gasteiger partial charge in [-0.1, -0.05) is 115 Å². The second kappa shape index (κ2) is 11.6. The third-order valence-corrected chi connectivity index (χ3v) is 10.7. The standard InChI is InChI=1S/C40H31ClN2O3S/c1-26-25-39(2,3)42(38(44)37-36(41)32-21-20-31(43(45)46)24-35(32)47-37)34-22-19-30(23-33(26)34)40(27-13-7-4-8-14-27,28-15-9-5-10-16-28)29-17-11-6-12-18-29/h4-25H,1-3H3. The predicted octanol–water partition coefficient (Wildman–Crippen LogP) is 10.7. The zero-order valence-corrected chi connectivity index (χ0v) is 27.7. The van der Waals surface area contributed by atoms with E-state index >= 15 is 0 Å². The number of carbonyl (C=O) groups is 1. The molecular formula is C40H31ClN2O3S. The molecule has 232 valence electrons. The number of hydrogen-bond acceptors (Lipinski definition) is 4. The molecule has 0 bridgehead atoms. The van der Waals surface area contributed by atoms with Gasteiger partial charge in [0, 0.05) is 27.8 Å². The molecule has 0 radical (unpaired) electrons. The van der Waals surface area contributed by atoms with Crippen molar-refractivity contribution in [2.24, 2.45) is 0 Å². The molecule has 6 aromatic rings. The lowest BCUT2D eigenvalue weighted by atomic mass is 9.64. The summed E-state index contributed by atoms with van der Waals surface area (Å²) in [5.74, 6) is -0.248. The number of thiophene rings is 1. The number of nitrogens with zero attached hydrogens (tertiary/aromatic N) is 2. The van der Waals surface area contributed by atoms with Crippen LogP contribution in [-0.4, -0.2) is 16.4 Å². The maximum absolute atomic E-state index is 14.5. The van der Waals surface area contributed by atoms with E-state index in [1.54, 1.807) is 11.0 Å². The first kappa shape index (κ1) is 30.6. The summed E-state index contributed by atoms with van der Waals surface area (Å²) in [6.07, 6.45) is 2.12. The number of halogens is 1. The normalized spacial score (nSPS) is 14.0. The summed E-state index contributed by atoms with van der Waals surface area (Å²) in [6, 6.07) is 42.5. The van der Waals surface area contributed by atoms with Crippen LogP contribution in [0.5, 0.6) is 0 Å². The maximum atomic E-state index is 14.5. The monoisotopic (exact) mass is 654 g/mol. The van der Waals surface area contributed by atoms with Gasteiger partial charge >= 0.3 is 0 Å². The molecular weight excluding hydrogens is 624 g/mol. The van der Waals surface area contributed by atoms with Crippen molar-refractivity contribution in [1.29, 1.82) is 0 Å². The van der Waals surface area contributed by atoms with E-state index in [2.05, 4.69) is 104 Å². The van der Waals surface area contributed by atoms with Crippen LogP contribution in [0, 0.1) is 10.1 Å². The van der Waals surface area contributed by atoms with Gasteiger partial charge in [0.05, 0.1) is 26.6 Å². The molecule has 0 atom stereocenters. The summed E-state index contributed by atoms with van der Waals surface area (Å²) in [4.78, 5) is 27.7. The molecule has 1 aliphatic heterocycles. The lowest BCUT2D eigenvalue weighted by Crippen LogP contribution is -2.49. The average Bonchev–Trinajstić information content (AvgIpc) is 3.42. The maximum Gasteiger partial charge on any atom is 0.270 e. The quantitative estimate of drug-likeness (QED) is 0.102. The Morgan fingerprint density at radius 3 is 1.87 bits per heavy atom. The Kier molecular flexibility index (Phi) is 7.58. The molecule has 1 amide bonds. The van der Waals surface area contributed by atoms with E-state index in [9.17, 15) is 14.9 Å². The summed E-state index contributed by atoms with van der Waals surface area (Å²) in [5.41, 5.74) is 5.94. The smallest absolute Gasteiger partial charge is 0.270 e. The van der Waals surface area contributed by atoms with Crippen molar-refractivity contribution in [2.45, 2.75) is 31.7 Å². The van der Waals surface area contributed by atoms with Gasteiger partial charge in [0.25, 0.3) is 11.6 Å². The molecule has 0 spiro atoms. The van der Waals surface area contributed by atoms with Crippen LogP contribution in [0.4, 0.5) is 11.4 Å². The zero-order valence-electron chi connectivity index (χ0n) is 26.1. The molecule has 0 saturated carbocycles. The largest absolute Gasteiger partial charge is 0.298 e. The predicted molar refractivity (Wildman–Crippen MR) is 193 cm³/mol. The Balaban J connectivity index is 1.44. The van der Waals surface area contributed by atoms with Crippen molar-refractivity contribution in [3.05, 3.63) is 181 Å². The molecule has 0 N–H and O–H groups in total. The molecule has 1 aromatic heterocycles. The van der Waals surface area contributed by atoms with Crippen molar-refractivity contribution in [3.63, 3.8) is 0 Å². The number of carbonyl (C=O) groups excluding carboxylic acids is 1. The van der Waals surface area contributed by atoms with E-state index in [0.717, 1.165) is 39.1 Å². The van der Waals surface area contributed by atoms with Gasteiger partial charge in [-0.2, -0.15) is 0 Å². The van der Waals surface area contributed by atoms with Gasteiger partial charge in [-0.25, -0.2) is 0 Å². The van der Waals surface area contributed by atoms with Crippen molar-refractivity contribution >= 4 is 55.9 Å². The molecule has 0 aliphatic carbocycles. The molecule has 0 fully saturated rings. The van der Waals surface area contributed by atoms with Crippen LogP contribution in [0.25, 0.3) is 15.7 Å². The number of benzene rings is 5. The Morgan fingerprint density at radius 2 is 1.34 bits per heavy atom. The van der Waals surface area contributed by atoms with Crippen LogP contribution in [0.15, 0.2) is 133 Å². The number of non-ortho nitro benzene ring substituents is 1. The van der Waals surface area contributed by atoms with Gasteiger partial charge < -0.3 is 0 Å². The summed E-state index contributed by atoms with van der Waals surface area (Å²) < 4.78 is 0.600. The van der Waals surface area contributed by atoms with Crippen molar-refractivity contribution < 1.29 is 9.72 Å². The van der Waals surface area contributed by atoms with Crippen LogP contribution < -0.4 is 4.90 Å². The van der Waals surface area contributed by atoms with Gasteiger partial charge in [-0.05, 0) is 66.8 Å². The number of nitro benzene ring substituents is 1. The number of anilines is 1. The Labute approximate surface area is 282 Å². The molecule has 5 nitrogen and oxygen atoms in total. The summed E-state index contributed by atoms with van der Waals surface area (Å²) >= 11 is 8.00. The molecule has 2 heterocycles. The van der Waals surface area contributed by atoms with Crippen LogP contribution in [0.2, 0.25) is 5.02 Å². The van der Waals surface area contributed by atoms with Crippen LogP contribution in [0.3, 0.4) is 0 Å². The fraction of sp³-hybridized carbons (Fsp3) is 0.125. The van der Waals surface area contributed by atoms with E-state index in [0.29, 0.717) is 20.0 Å². The lowest BCUT2D eigenvalue weighted by molar-refractivity contribution is -0.384. The van der Waals surface area contributed by atoms with Gasteiger partial charge in [0.2, 0.25) is 0 Å². The average molecular weight is 655 g/mol. The fourth-order valence-electron chi connectivity index (χ4n) is 7.10. The zero-order chi connectivity index (χ0) is 32.9. The first-order valence-electron chi connectivity index (χ1n) is 15.3. The number of allylic oxidation sites excluding steroid dienone is 1. The minimum Gasteiger partial charge on any atom is -0.298 e. The van der Waals surface area contributed by atoms with Gasteiger partial charge in [0.15, 0.2) is 0 Å². The first-order chi connectivity index (χ1) is 22.6. The van der Waals surface area contributed by atoms with E-state index in [4.69, 9.17) is 11.6 Å². The molecule has 0 unspecified atom stereocenters. The Bertz CT molecular complexity index is 2090. The summed E-state index contributed by atoms with van der Waals surface area (Å²) in [7, 11) is 0. The lowest BCUT2D eigenvalue weighted by Gasteiger charge is -2.43. The van der Waals surface area contributed by atoms with Crippen LogP contribution in [-0.2, 0) is 5.41 Å². The second-order valence-corrected chi connectivity index (χ2v) is 13.8. The second-order valence-electron chi connectivity index (χ2n) is 12.4. The fourth-order valence-corrected chi connectivity index (χ4v) is 8.58. The Hall–Kier alpha value is -5.04. The molecule has 1 aliphatic rings. The number of amides is 1. The number of hydrogen-bond donors (Lipinski definition) is 0. The van der Waals surface area contributed by atoms with Gasteiger partial charge in [-0.15, -0.1) is 11.3 Å². The number of nitro groups is 1. The van der Waals surface area contributed by atoms with Crippen molar-refractivity contribution in [2.75, 3.05) is 4.90 Å². The highest BCUT2D eigenvalue weighted by atomic mass is 35.5. The minimum absolute atomic E-state index is 0.0390. The summed E-state index contributed by atoms with van der Waals surface area (Å²) in [6.45, 7) is 6.12. The molecule has 47 heavy (non-hydrogen) atoms. The van der Waals surface area contributed by atoms with Crippen LogP contribution in [0.1, 0.15) is 58.3 Å². The van der Waals surface area contributed by atoms with Gasteiger partial charge in [0.1, 0.15) is 4.88 Å². The highest BCUT2D eigenvalue weighted by molar-refractivity contribution is 7.21. The summed E-state index contributed by atoms with van der Waals surface area (Å²) in [5, 5.41) is 12.4. The Morgan fingerprint density at radius 1 is 0.787 bits per heavy atom. The highest BCUT2D eigenvalue weighted by Crippen LogP contribution is 2.49. The third kappa shape index (κ3) is 4.96. The van der Waals surface area contributed by atoms with Crippen LogP contribution >= 0.6 is 22.9 Å². The third-order valence-electron chi connectivity index (χ3n) is 9.08. The van der Waals surface area contributed by atoms with E-state index < -0.39 is 15.9 Å². The molecule has 7 heteroatoms. The van der Waals surface area contributed by atoms with Crippen molar-refractivity contribution in [1.82, 2.24) is 0 Å². The topological polar surface area (TPSA) is 63.5 Å². The SMILES string of the molecule is CC1=CC(C)(C)N(C(=O)c2sc3cc([N+](=O)[O-])ccc3c2Cl)c2ccc(C(c3ccccc3)(c3ccccc3)c3ccccc3)cc21. The van der Waals surface area contributed by atoms with E-state index in [1.807, 2.05) is 32.0 Å². The molecule has 0 saturated heterocycles. The van der Waals surface area contributed by atoms with E-state index in [-0.39, 0.29) is 11.6 Å². The minimum atomic E-state index is -0.670. The van der Waals surface area contributed by atoms with Crippen molar-refractivity contribution in [3.8, 4) is 0 Å². The highest BCUT2D eigenvalue weighted by Gasteiger charge is 2.42. The first-order valence-corrected chi connectivity index (χ1v) is 16.5. The number of fused-ring (bicyclic) bond motifs is 2. The number of rotatable bonds is 6. The van der Waals surface area contributed by atoms with E-state index in [1.165, 1.54) is 23.5 Å². The van der Waals surface area contributed by atoms with Gasteiger partial charge in [-0.3, -0.25) is 19.8 Å². The molecule has 5 aromatic carbocycles.